The Balaban J connectivity index is 0.00000420. The highest BCUT2D eigenvalue weighted by Gasteiger charge is 2.14. The van der Waals surface area contributed by atoms with Gasteiger partial charge in [0.25, 0.3) is 0 Å². The molecule has 1 amide bonds. The summed E-state index contributed by atoms with van der Waals surface area (Å²) in [7, 11) is 4.94. The number of aliphatic imine (C=N–C) groups is 1. The summed E-state index contributed by atoms with van der Waals surface area (Å²) in [6.45, 7) is 0.442. The van der Waals surface area contributed by atoms with Gasteiger partial charge in [-0.1, -0.05) is 30.3 Å². The normalized spacial score (nSPS) is 10.9. The summed E-state index contributed by atoms with van der Waals surface area (Å²) < 4.78 is 40.1. The fourth-order valence-electron chi connectivity index (χ4n) is 2.42. The van der Waals surface area contributed by atoms with Crippen molar-refractivity contribution in [3.63, 3.8) is 0 Å². The van der Waals surface area contributed by atoms with Crippen LogP contribution in [0.15, 0.2) is 47.5 Å². The molecular weight excluding hydrogens is 496 g/mol. The number of rotatable bonds is 6. The van der Waals surface area contributed by atoms with Gasteiger partial charge < -0.3 is 15.1 Å². The SMILES string of the molecule is CN(C)C(=O)CNC(=NCc1ccccc1)N(C)Cc1cc(F)c(F)c(F)c1.I. The molecule has 9 heteroatoms. The van der Waals surface area contributed by atoms with E-state index in [1.807, 2.05) is 30.3 Å². The number of nitrogens with zero attached hydrogens (tertiary/aromatic N) is 3. The first-order valence-electron chi connectivity index (χ1n) is 8.65. The van der Waals surface area contributed by atoms with E-state index in [1.54, 1.807) is 26.0 Å². The van der Waals surface area contributed by atoms with Crippen molar-refractivity contribution < 1.29 is 18.0 Å². The zero-order valence-electron chi connectivity index (χ0n) is 16.5. The lowest BCUT2D eigenvalue weighted by molar-refractivity contribution is -0.127. The second-order valence-electron chi connectivity index (χ2n) is 6.50. The third-order valence-corrected chi connectivity index (χ3v) is 3.98. The molecule has 0 aliphatic rings. The van der Waals surface area contributed by atoms with Crippen molar-refractivity contribution in [1.82, 2.24) is 15.1 Å². The van der Waals surface area contributed by atoms with Gasteiger partial charge in [0.15, 0.2) is 23.4 Å². The fourth-order valence-corrected chi connectivity index (χ4v) is 2.42. The van der Waals surface area contributed by atoms with Gasteiger partial charge in [-0.05, 0) is 23.3 Å². The molecule has 1 N–H and O–H groups in total. The Labute approximate surface area is 185 Å². The zero-order chi connectivity index (χ0) is 20.7. The van der Waals surface area contributed by atoms with Gasteiger partial charge in [0.05, 0.1) is 13.1 Å². The molecule has 29 heavy (non-hydrogen) atoms. The van der Waals surface area contributed by atoms with Crippen molar-refractivity contribution in [3.8, 4) is 0 Å². The molecule has 0 saturated carbocycles. The molecule has 0 fully saturated rings. The van der Waals surface area contributed by atoms with Gasteiger partial charge in [-0.2, -0.15) is 0 Å². The maximum Gasteiger partial charge on any atom is 0.241 e. The van der Waals surface area contributed by atoms with Gasteiger partial charge in [0, 0.05) is 27.7 Å². The minimum absolute atomic E-state index is 0. The highest BCUT2D eigenvalue weighted by molar-refractivity contribution is 14.0. The number of amides is 1. The van der Waals surface area contributed by atoms with Crippen molar-refractivity contribution >= 4 is 35.8 Å². The van der Waals surface area contributed by atoms with Crippen LogP contribution in [0.1, 0.15) is 11.1 Å². The van der Waals surface area contributed by atoms with E-state index in [0.29, 0.717) is 12.5 Å². The molecule has 2 aromatic rings. The van der Waals surface area contributed by atoms with Crippen LogP contribution in [0.2, 0.25) is 0 Å². The summed E-state index contributed by atoms with van der Waals surface area (Å²) in [6.07, 6.45) is 0. The molecule has 0 aliphatic carbocycles. The number of nitrogens with one attached hydrogen (secondary N) is 1. The van der Waals surface area contributed by atoms with E-state index in [9.17, 15) is 18.0 Å². The number of hydrogen-bond donors (Lipinski definition) is 1. The Morgan fingerprint density at radius 1 is 1.00 bits per heavy atom. The van der Waals surface area contributed by atoms with Crippen LogP contribution in [-0.4, -0.2) is 49.4 Å². The van der Waals surface area contributed by atoms with Crippen LogP contribution >= 0.6 is 24.0 Å². The van der Waals surface area contributed by atoms with E-state index in [2.05, 4.69) is 10.3 Å². The van der Waals surface area contributed by atoms with Crippen LogP contribution in [-0.2, 0) is 17.9 Å². The Bertz CT molecular complexity index is 824. The monoisotopic (exact) mass is 520 g/mol. The van der Waals surface area contributed by atoms with E-state index in [-0.39, 0.29) is 48.5 Å². The number of benzene rings is 2. The first-order chi connectivity index (χ1) is 13.3. The largest absolute Gasteiger partial charge is 0.347 e. The van der Waals surface area contributed by atoms with Crippen LogP contribution < -0.4 is 5.32 Å². The average Bonchev–Trinajstić information content (AvgIpc) is 2.66. The number of carbonyl (C=O) groups excluding carboxylic acids is 1. The number of halogens is 4. The molecule has 0 atom stereocenters. The molecule has 0 saturated heterocycles. The van der Waals surface area contributed by atoms with Crippen LogP contribution in [0, 0.1) is 17.5 Å². The van der Waals surface area contributed by atoms with Crippen molar-refractivity contribution in [2.45, 2.75) is 13.1 Å². The average molecular weight is 520 g/mol. The van der Waals surface area contributed by atoms with Gasteiger partial charge in [-0.25, -0.2) is 18.2 Å². The number of hydrogen-bond acceptors (Lipinski definition) is 2. The molecule has 0 unspecified atom stereocenters. The number of likely N-dealkylation sites (N-methyl/N-ethyl adjacent to an activating group) is 1. The van der Waals surface area contributed by atoms with Gasteiger partial charge in [-0.15, -0.1) is 24.0 Å². The standard InChI is InChI=1S/C20H23F3N4O.HI/c1-26(2)18(28)12-25-20(24-11-14-7-5-4-6-8-14)27(3)13-15-9-16(21)19(23)17(22)10-15;/h4-10H,11-13H2,1-3H3,(H,24,25);1H. The van der Waals surface area contributed by atoms with E-state index >= 15 is 0 Å². The summed E-state index contributed by atoms with van der Waals surface area (Å²) in [6, 6.07) is 11.4. The Morgan fingerprint density at radius 2 is 1.59 bits per heavy atom. The van der Waals surface area contributed by atoms with Crippen LogP contribution in [0.25, 0.3) is 0 Å². The maximum atomic E-state index is 13.5. The van der Waals surface area contributed by atoms with Crippen molar-refractivity contribution in [1.29, 1.82) is 0 Å². The van der Waals surface area contributed by atoms with E-state index in [0.717, 1.165) is 17.7 Å². The topological polar surface area (TPSA) is 47.9 Å². The highest BCUT2D eigenvalue weighted by Crippen LogP contribution is 2.15. The molecule has 2 rings (SSSR count). The fraction of sp³-hybridized carbons (Fsp3) is 0.300. The summed E-state index contributed by atoms with van der Waals surface area (Å²) in [4.78, 5) is 19.4. The second-order valence-corrected chi connectivity index (χ2v) is 6.50. The lowest BCUT2D eigenvalue weighted by Crippen LogP contribution is -2.43. The Hall–Kier alpha value is -2.30. The summed E-state index contributed by atoms with van der Waals surface area (Å²) in [5.74, 6) is -3.77. The van der Waals surface area contributed by atoms with Gasteiger partial charge in [0.1, 0.15) is 0 Å². The quantitative estimate of drug-likeness (QED) is 0.275. The first-order valence-corrected chi connectivity index (χ1v) is 8.65. The number of guanidine groups is 1. The molecule has 0 heterocycles. The van der Waals surface area contributed by atoms with Gasteiger partial charge >= 0.3 is 0 Å². The van der Waals surface area contributed by atoms with Crippen LogP contribution in [0.4, 0.5) is 13.2 Å². The van der Waals surface area contributed by atoms with Crippen molar-refractivity contribution in [3.05, 3.63) is 71.0 Å². The molecule has 2 aromatic carbocycles. The third kappa shape index (κ3) is 7.56. The highest BCUT2D eigenvalue weighted by atomic mass is 127. The zero-order valence-corrected chi connectivity index (χ0v) is 18.8. The minimum atomic E-state index is -1.50. The molecule has 158 valence electrons. The van der Waals surface area contributed by atoms with E-state index in [1.165, 1.54) is 4.90 Å². The summed E-state index contributed by atoms with van der Waals surface area (Å²) >= 11 is 0. The van der Waals surface area contributed by atoms with Crippen molar-refractivity contribution in [2.75, 3.05) is 27.7 Å². The van der Waals surface area contributed by atoms with Gasteiger partial charge in [-0.3, -0.25) is 4.79 Å². The molecule has 0 aliphatic heterocycles. The van der Waals surface area contributed by atoms with Crippen LogP contribution in [0.5, 0.6) is 0 Å². The molecular formula is C20H24F3IN4O. The van der Waals surface area contributed by atoms with Crippen LogP contribution in [0.3, 0.4) is 0 Å². The number of carbonyl (C=O) groups is 1. The maximum absolute atomic E-state index is 13.5. The lowest BCUT2D eigenvalue weighted by atomic mass is 10.2. The summed E-state index contributed by atoms with van der Waals surface area (Å²) in [5, 5.41) is 2.95. The van der Waals surface area contributed by atoms with Crippen molar-refractivity contribution in [2.24, 2.45) is 4.99 Å². The second kappa shape index (κ2) is 11.6. The molecule has 0 spiro atoms. The Kier molecular flexibility index (Phi) is 9.93. The summed E-state index contributed by atoms with van der Waals surface area (Å²) in [5.41, 5.74) is 1.21. The first kappa shape index (κ1) is 24.7. The molecule has 5 nitrogen and oxygen atoms in total. The lowest BCUT2D eigenvalue weighted by Gasteiger charge is -2.23. The predicted octanol–water partition coefficient (Wildman–Crippen LogP) is 3.39. The molecule has 0 radical (unpaired) electrons. The van der Waals surface area contributed by atoms with E-state index < -0.39 is 17.5 Å². The van der Waals surface area contributed by atoms with Gasteiger partial charge in [0.2, 0.25) is 5.91 Å². The molecule has 0 bridgehead atoms. The Morgan fingerprint density at radius 3 is 2.14 bits per heavy atom. The minimum Gasteiger partial charge on any atom is -0.347 e. The smallest absolute Gasteiger partial charge is 0.241 e. The molecule has 0 aromatic heterocycles. The van der Waals surface area contributed by atoms with E-state index in [4.69, 9.17) is 0 Å². The third-order valence-electron chi connectivity index (χ3n) is 3.98. The predicted molar refractivity (Wildman–Crippen MR) is 117 cm³/mol.